The first-order valence-corrected chi connectivity index (χ1v) is 6.95. The van der Waals surface area contributed by atoms with E-state index in [4.69, 9.17) is 4.74 Å². The third-order valence-electron chi connectivity index (χ3n) is 2.79. The number of aryl methyl sites for hydroxylation is 4. The summed E-state index contributed by atoms with van der Waals surface area (Å²) in [5, 5.41) is 0.995. The number of nitrogens with zero attached hydrogens (tertiary/aromatic N) is 1. The van der Waals surface area contributed by atoms with Crippen molar-refractivity contribution in [2.45, 2.75) is 34.3 Å². The first-order chi connectivity index (χ1) is 8.95. The minimum Gasteiger partial charge on any atom is -0.456 e. The predicted octanol–water partition coefficient (Wildman–Crippen LogP) is 3.73. The van der Waals surface area contributed by atoms with Crippen LogP contribution in [-0.2, 0) is 11.3 Å². The molecule has 0 unspecified atom stereocenters. The van der Waals surface area contributed by atoms with E-state index in [9.17, 15) is 4.79 Å². The predicted molar refractivity (Wildman–Crippen MR) is 76.6 cm³/mol. The number of ether oxygens (including phenoxy) is 1. The number of carbonyl (C=O) groups is 1. The Balaban J connectivity index is 2.07. The van der Waals surface area contributed by atoms with E-state index in [2.05, 4.69) is 4.98 Å². The van der Waals surface area contributed by atoms with Gasteiger partial charge < -0.3 is 4.74 Å². The van der Waals surface area contributed by atoms with Gasteiger partial charge in [0.2, 0.25) is 0 Å². The first-order valence-electron chi connectivity index (χ1n) is 6.14. The van der Waals surface area contributed by atoms with Gasteiger partial charge in [0.1, 0.15) is 6.61 Å². The molecule has 1 aromatic heterocycles. The molecule has 2 aromatic rings. The second kappa shape index (κ2) is 5.53. The number of rotatable bonds is 3. The fraction of sp³-hybridized carbons (Fsp3) is 0.333. The van der Waals surface area contributed by atoms with Crippen LogP contribution < -0.4 is 0 Å². The molecule has 0 amide bonds. The van der Waals surface area contributed by atoms with Crippen molar-refractivity contribution >= 4 is 17.3 Å². The first kappa shape index (κ1) is 13.7. The molecule has 2 rings (SSSR count). The van der Waals surface area contributed by atoms with E-state index in [-0.39, 0.29) is 5.97 Å². The van der Waals surface area contributed by atoms with Crippen LogP contribution in [0.2, 0.25) is 0 Å². The Morgan fingerprint density at radius 3 is 2.32 bits per heavy atom. The van der Waals surface area contributed by atoms with Crippen LogP contribution in [0, 0.1) is 27.7 Å². The van der Waals surface area contributed by atoms with E-state index < -0.39 is 0 Å². The molecular formula is C15H17NO2S. The zero-order valence-electron chi connectivity index (χ0n) is 11.6. The van der Waals surface area contributed by atoms with Crippen molar-refractivity contribution in [1.29, 1.82) is 0 Å². The summed E-state index contributed by atoms with van der Waals surface area (Å²) in [6.07, 6.45) is 0. The van der Waals surface area contributed by atoms with Crippen molar-refractivity contribution in [2.24, 2.45) is 0 Å². The lowest BCUT2D eigenvalue weighted by molar-refractivity contribution is 0.0476. The van der Waals surface area contributed by atoms with Crippen LogP contribution >= 0.6 is 11.3 Å². The van der Waals surface area contributed by atoms with E-state index in [0.29, 0.717) is 12.2 Å². The lowest BCUT2D eigenvalue weighted by Gasteiger charge is -2.06. The molecule has 0 saturated carbocycles. The summed E-state index contributed by atoms with van der Waals surface area (Å²) in [6, 6.07) is 5.73. The van der Waals surface area contributed by atoms with Crippen LogP contribution in [0.4, 0.5) is 0 Å². The summed E-state index contributed by atoms with van der Waals surface area (Å²) in [5.74, 6) is -0.280. The molecule has 0 saturated heterocycles. The van der Waals surface area contributed by atoms with Crippen molar-refractivity contribution in [2.75, 3.05) is 0 Å². The van der Waals surface area contributed by atoms with Gasteiger partial charge in [0.25, 0.3) is 0 Å². The van der Waals surface area contributed by atoms with Crippen molar-refractivity contribution in [3.63, 3.8) is 0 Å². The fourth-order valence-corrected chi connectivity index (χ4v) is 2.86. The summed E-state index contributed by atoms with van der Waals surface area (Å²) >= 11 is 1.57. The largest absolute Gasteiger partial charge is 0.456 e. The minimum atomic E-state index is -0.280. The lowest BCUT2D eigenvalue weighted by Crippen LogP contribution is -2.05. The Hall–Kier alpha value is -1.68. The smallest absolute Gasteiger partial charge is 0.338 e. The Bertz CT molecular complexity index is 596. The van der Waals surface area contributed by atoms with Gasteiger partial charge >= 0.3 is 5.97 Å². The van der Waals surface area contributed by atoms with Gasteiger partial charge in [-0.3, -0.25) is 0 Å². The summed E-state index contributed by atoms with van der Waals surface area (Å²) in [5.41, 5.74) is 3.68. The van der Waals surface area contributed by atoms with E-state index in [1.54, 1.807) is 11.3 Å². The van der Waals surface area contributed by atoms with Gasteiger partial charge in [-0.05, 0) is 39.8 Å². The third kappa shape index (κ3) is 3.41. The molecular weight excluding hydrogens is 258 g/mol. The van der Waals surface area contributed by atoms with E-state index in [1.807, 2.05) is 45.9 Å². The number of esters is 1. The van der Waals surface area contributed by atoms with Gasteiger partial charge in [0.05, 0.1) is 21.1 Å². The van der Waals surface area contributed by atoms with Gasteiger partial charge in [0.15, 0.2) is 0 Å². The van der Waals surface area contributed by atoms with Gasteiger partial charge in [-0.2, -0.15) is 0 Å². The molecule has 19 heavy (non-hydrogen) atoms. The van der Waals surface area contributed by atoms with Gasteiger partial charge in [0, 0.05) is 0 Å². The molecule has 4 heteroatoms. The highest BCUT2D eigenvalue weighted by Gasteiger charge is 2.11. The molecule has 1 heterocycles. The van der Waals surface area contributed by atoms with Gasteiger partial charge in [-0.25, -0.2) is 9.78 Å². The molecule has 0 aliphatic heterocycles. The maximum Gasteiger partial charge on any atom is 0.338 e. The van der Waals surface area contributed by atoms with Crippen molar-refractivity contribution in [3.05, 3.63) is 50.5 Å². The third-order valence-corrected chi connectivity index (χ3v) is 3.84. The second-order valence-corrected chi connectivity index (χ2v) is 5.98. The quantitative estimate of drug-likeness (QED) is 0.801. The Kier molecular flexibility index (Phi) is 4.00. The van der Waals surface area contributed by atoms with Crippen LogP contribution in [0.5, 0.6) is 0 Å². The standard InChI is InChI=1S/C15H17NO2S/c1-9-5-10(2)7-13(6-9)15(17)18-8-14-11(3)16-12(4)19-14/h5-7H,8H2,1-4H3. The lowest BCUT2D eigenvalue weighted by atomic mass is 10.1. The normalized spacial score (nSPS) is 10.5. The fourth-order valence-electron chi connectivity index (χ4n) is 2.01. The molecule has 0 fully saturated rings. The Morgan fingerprint density at radius 2 is 1.79 bits per heavy atom. The van der Waals surface area contributed by atoms with Crippen molar-refractivity contribution < 1.29 is 9.53 Å². The molecule has 0 aliphatic carbocycles. The number of thiazole rings is 1. The molecule has 0 radical (unpaired) electrons. The molecule has 3 nitrogen and oxygen atoms in total. The number of carbonyl (C=O) groups excluding carboxylic acids is 1. The number of benzene rings is 1. The Morgan fingerprint density at radius 1 is 1.16 bits per heavy atom. The Labute approximate surface area is 117 Å². The number of aromatic nitrogens is 1. The maximum absolute atomic E-state index is 12.0. The number of hydrogen-bond donors (Lipinski definition) is 0. The highest BCUT2D eigenvalue weighted by atomic mass is 32.1. The highest BCUT2D eigenvalue weighted by molar-refractivity contribution is 7.11. The molecule has 0 N–H and O–H groups in total. The summed E-state index contributed by atoms with van der Waals surface area (Å²) < 4.78 is 5.35. The second-order valence-electron chi connectivity index (χ2n) is 4.69. The van der Waals surface area contributed by atoms with Gasteiger partial charge in [-0.15, -0.1) is 11.3 Å². The molecule has 1 aromatic carbocycles. The molecule has 0 bridgehead atoms. The maximum atomic E-state index is 12.0. The van der Waals surface area contributed by atoms with Crippen LogP contribution in [0.25, 0.3) is 0 Å². The topological polar surface area (TPSA) is 39.2 Å². The molecule has 0 atom stereocenters. The highest BCUT2D eigenvalue weighted by Crippen LogP contribution is 2.19. The van der Waals surface area contributed by atoms with Crippen LogP contribution in [0.3, 0.4) is 0 Å². The van der Waals surface area contributed by atoms with E-state index >= 15 is 0 Å². The van der Waals surface area contributed by atoms with Crippen LogP contribution in [0.1, 0.15) is 37.1 Å². The van der Waals surface area contributed by atoms with Crippen LogP contribution in [0.15, 0.2) is 18.2 Å². The number of hydrogen-bond acceptors (Lipinski definition) is 4. The molecule has 100 valence electrons. The van der Waals surface area contributed by atoms with E-state index in [1.165, 1.54) is 0 Å². The van der Waals surface area contributed by atoms with Crippen molar-refractivity contribution in [1.82, 2.24) is 4.98 Å². The van der Waals surface area contributed by atoms with Crippen molar-refractivity contribution in [3.8, 4) is 0 Å². The molecule has 0 spiro atoms. The summed E-state index contributed by atoms with van der Waals surface area (Å²) in [6.45, 7) is 8.13. The molecule has 0 aliphatic rings. The SMILES string of the molecule is Cc1cc(C)cc(C(=O)OCc2sc(C)nc2C)c1. The van der Waals surface area contributed by atoms with Gasteiger partial charge in [-0.1, -0.05) is 17.2 Å². The average molecular weight is 275 g/mol. The average Bonchev–Trinajstić information content (AvgIpc) is 2.63. The summed E-state index contributed by atoms with van der Waals surface area (Å²) in [4.78, 5) is 17.3. The van der Waals surface area contributed by atoms with E-state index in [0.717, 1.165) is 26.7 Å². The summed E-state index contributed by atoms with van der Waals surface area (Å²) in [7, 11) is 0. The monoisotopic (exact) mass is 275 g/mol. The zero-order valence-corrected chi connectivity index (χ0v) is 12.4. The minimum absolute atomic E-state index is 0.280. The van der Waals surface area contributed by atoms with Crippen LogP contribution in [-0.4, -0.2) is 11.0 Å². The zero-order chi connectivity index (χ0) is 14.0.